The minimum atomic E-state index is -4.22. The van der Waals surface area contributed by atoms with Crippen molar-refractivity contribution in [2.24, 2.45) is 0 Å². The Morgan fingerprint density at radius 2 is 2.26 bits per heavy atom. The third kappa shape index (κ3) is 3.13. The fourth-order valence-electron chi connectivity index (χ4n) is 1.56. The second-order valence-corrected chi connectivity index (χ2v) is 4.62. The molecule has 2 heterocycles. The van der Waals surface area contributed by atoms with E-state index in [-0.39, 0.29) is 24.6 Å². The minimum absolute atomic E-state index is 0.000903. The maximum Gasteiger partial charge on any atom is 0.389 e. The van der Waals surface area contributed by atoms with Gasteiger partial charge in [0.1, 0.15) is 6.20 Å². The number of rotatable bonds is 5. The number of imidazole rings is 1. The largest absolute Gasteiger partial charge is 0.389 e. The van der Waals surface area contributed by atoms with Crippen LogP contribution in [0.4, 0.5) is 24.8 Å². The van der Waals surface area contributed by atoms with Crippen molar-refractivity contribution in [2.75, 3.05) is 11.9 Å². The molecule has 2 aromatic rings. The van der Waals surface area contributed by atoms with E-state index in [4.69, 9.17) is 0 Å². The van der Waals surface area contributed by atoms with Crippen LogP contribution in [-0.4, -0.2) is 27.0 Å². The molecule has 0 aliphatic rings. The number of nitrogens with one attached hydrogen (secondary N) is 1. The maximum absolute atomic E-state index is 12.0. The summed E-state index contributed by atoms with van der Waals surface area (Å²) < 4.78 is 37.1. The van der Waals surface area contributed by atoms with Gasteiger partial charge in [0, 0.05) is 18.3 Å². The van der Waals surface area contributed by atoms with E-state index in [9.17, 15) is 23.3 Å². The van der Waals surface area contributed by atoms with E-state index in [0.29, 0.717) is 4.96 Å². The lowest BCUT2D eigenvalue weighted by atomic mass is 10.3. The van der Waals surface area contributed by atoms with Crippen molar-refractivity contribution < 1.29 is 18.1 Å². The number of fused-ring (bicyclic) bond motifs is 1. The number of thiazole rings is 1. The van der Waals surface area contributed by atoms with Crippen LogP contribution in [0.3, 0.4) is 0 Å². The molecule has 104 valence electrons. The summed E-state index contributed by atoms with van der Waals surface area (Å²) in [4.78, 5) is 14.7. The van der Waals surface area contributed by atoms with Gasteiger partial charge in [0.05, 0.1) is 0 Å². The number of hydrogen-bond donors (Lipinski definition) is 1. The highest BCUT2D eigenvalue weighted by Gasteiger charge is 2.27. The molecule has 0 aliphatic heterocycles. The summed E-state index contributed by atoms with van der Waals surface area (Å²) in [6, 6.07) is 0. The van der Waals surface area contributed by atoms with E-state index in [1.54, 1.807) is 5.38 Å². The Bertz CT molecular complexity index is 592. The van der Waals surface area contributed by atoms with Crippen LogP contribution in [0.25, 0.3) is 4.96 Å². The molecule has 6 nitrogen and oxygen atoms in total. The molecule has 0 fully saturated rings. The van der Waals surface area contributed by atoms with Crippen molar-refractivity contribution >= 4 is 27.9 Å². The first kappa shape index (κ1) is 13.6. The lowest BCUT2D eigenvalue weighted by Gasteiger charge is -2.06. The Morgan fingerprint density at radius 1 is 1.53 bits per heavy atom. The molecular formula is C9H9F3N4O2S. The number of nitro groups is 1. The Kier molecular flexibility index (Phi) is 3.60. The van der Waals surface area contributed by atoms with E-state index in [0.717, 1.165) is 0 Å². The van der Waals surface area contributed by atoms with Crippen LogP contribution >= 0.6 is 11.3 Å². The van der Waals surface area contributed by atoms with Gasteiger partial charge in [-0.3, -0.25) is 0 Å². The highest BCUT2D eigenvalue weighted by Crippen LogP contribution is 2.28. The molecule has 0 bridgehead atoms. The Morgan fingerprint density at radius 3 is 2.89 bits per heavy atom. The molecule has 2 aromatic heterocycles. The van der Waals surface area contributed by atoms with Gasteiger partial charge in [0.2, 0.25) is 5.82 Å². The first-order valence-electron chi connectivity index (χ1n) is 5.29. The highest BCUT2D eigenvalue weighted by atomic mass is 32.1. The number of halogens is 3. The van der Waals surface area contributed by atoms with Crippen LogP contribution in [0.5, 0.6) is 0 Å². The molecule has 1 N–H and O–H groups in total. The average Bonchev–Trinajstić information content (AvgIpc) is 2.81. The van der Waals surface area contributed by atoms with Crippen LogP contribution in [0, 0.1) is 10.1 Å². The molecular weight excluding hydrogens is 285 g/mol. The van der Waals surface area contributed by atoms with Crippen molar-refractivity contribution in [1.29, 1.82) is 0 Å². The molecule has 0 aliphatic carbocycles. The van der Waals surface area contributed by atoms with Gasteiger partial charge in [-0.05, 0) is 11.3 Å². The van der Waals surface area contributed by atoms with Crippen LogP contribution in [0.2, 0.25) is 0 Å². The fraction of sp³-hybridized carbons (Fsp3) is 0.444. The van der Waals surface area contributed by atoms with Crippen molar-refractivity contribution in [3.05, 3.63) is 21.7 Å². The molecule has 0 saturated carbocycles. The summed E-state index contributed by atoms with van der Waals surface area (Å²) in [6.07, 6.45) is -3.82. The van der Waals surface area contributed by atoms with Gasteiger partial charge in [0.15, 0.2) is 0 Å². The zero-order chi connectivity index (χ0) is 14.0. The van der Waals surface area contributed by atoms with Crippen molar-refractivity contribution in [3.8, 4) is 0 Å². The van der Waals surface area contributed by atoms with Crippen LogP contribution in [-0.2, 0) is 0 Å². The van der Waals surface area contributed by atoms with Crippen molar-refractivity contribution in [2.45, 2.75) is 19.0 Å². The van der Waals surface area contributed by atoms with E-state index in [2.05, 4.69) is 10.3 Å². The number of alkyl halides is 3. The summed E-state index contributed by atoms with van der Waals surface area (Å²) in [5.41, 5.74) is 0. The fourth-order valence-corrected chi connectivity index (χ4v) is 2.27. The predicted octanol–water partition coefficient (Wildman–Crippen LogP) is 3.06. The maximum atomic E-state index is 12.0. The standard InChI is InChI=1S/C9H9F3N4O2S/c10-9(11,12)2-1-3-13-6-7(16(17)18)15-4-5-19-8(15)14-6/h4-5,13H,1-3H2. The second-order valence-electron chi connectivity index (χ2n) is 3.74. The Hall–Kier alpha value is -1.84. The van der Waals surface area contributed by atoms with E-state index < -0.39 is 17.5 Å². The highest BCUT2D eigenvalue weighted by molar-refractivity contribution is 7.15. The smallest absolute Gasteiger partial charge is 0.363 e. The van der Waals surface area contributed by atoms with Gasteiger partial charge < -0.3 is 15.4 Å². The topological polar surface area (TPSA) is 72.5 Å². The molecule has 0 amide bonds. The molecule has 0 radical (unpaired) electrons. The summed E-state index contributed by atoms with van der Waals surface area (Å²) in [7, 11) is 0. The second kappa shape index (κ2) is 5.03. The molecule has 10 heteroatoms. The number of hydrogen-bond acceptors (Lipinski definition) is 5. The minimum Gasteiger partial charge on any atom is -0.363 e. The Labute approximate surface area is 109 Å². The van der Waals surface area contributed by atoms with E-state index in [1.165, 1.54) is 21.9 Å². The Balaban J connectivity index is 2.06. The predicted molar refractivity (Wildman–Crippen MR) is 63.5 cm³/mol. The lowest BCUT2D eigenvalue weighted by Crippen LogP contribution is -2.11. The van der Waals surface area contributed by atoms with Gasteiger partial charge >= 0.3 is 12.0 Å². The first-order chi connectivity index (χ1) is 8.88. The van der Waals surface area contributed by atoms with Gasteiger partial charge in [-0.2, -0.15) is 22.6 Å². The van der Waals surface area contributed by atoms with Crippen LogP contribution in [0.1, 0.15) is 12.8 Å². The average molecular weight is 294 g/mol. The van der Waals surface area contributed by atoms with Gasteiger partial charge in [-0.25, -0.2) is 0 Å². The molecule has 0 spiro atoms. The summed E-state index contributed by atoms with van der Waals surface area (Å²) in [5, 5.41) is 15.1. The number of anilines is 1. The lowest BCUT2D eigenvalue weighted by molar-refractivity contribution is -0.389. The normalized spacial score (nSPS) is 11.9. The van der Waals surface area contributed by atoms with Gasteiger partial charge in [-0.1, -0.05) is 11.3 Å². The molecule has 0 saturated heterocycles. The summed E-state index contributed by atoms with van der Waals surface area (Å²) in [5.74, 6) is -0.262. The van der Waals surface area contributed by atoms with Gasteiger partial charge in [-0.15, -0.1) is 0 Å². The molecule has 0 atom stereocenters. The monoisotopic (exact) mass is 294 g/mol. The van der Waals surface area contributed by atoms with Crippen LogP contribution < -0.4 is 5.32 Å². The zero-order valence-electron chi connectivity index (χ0n) is 9.48. The third-order valence-electron chi connectivity index (χ3n) is 2.34. The summed E-state index contributed by atoms with van der Waals surface area (Å²) in [6.45, 7) is -0.0226. The van der Waals surface area contributed by atoms with E-state index >= 15 is 0 Å². The summed E-state index contributed by atoms with van der Waals surface area (Å²) >= 11 is 1.21. The van der Waals surface area contributed by atoms with Crippen LogP contribution in [0.15, 0.2) is 11.6 Å². The number of aromatic nitrogens is 2. The molecule has 2 rings (SSSR count). The van der Waals surface area contributed by atoms with Crippen molar-refractivity contribution in [3.63, 3.8) is 0 Å². The first-order valence-corrected chi connectivity index (χ1v) is 6.17. The van der Waals surface area contributed by atoms with Crippen molar-refractivity contribution in [1.82, 2.24) is 9.38 Å². The van der Waals surface area contributed by atoms with Gasteiger partial charge in [0.25, 0.3) is 4.96 Å². The zero-order valence-corrected chi connectivity index (χ0v) is 10.3. The van der Waals surface area contributed by atoms with E-state index in [1.807, 2.05) is 0 Å². The third-order valence-corrected chi connectivity index (χ3v) is 3.10. The quantitative estimate of drug-likeness (QED) is 0.522. The number of nitrogens with zero attached hydrogens (tertiary/aromatic N) is 3. The molecule has 0 aromatic carbocycles. The SMILES string of the molecule is O=[N+]([O-])c1c(NCCCC(F)(F)F)nc2sccn12. The molecule has 19 heavy (non-hydrogen) atoms. The molecule has 0 unspecified atom stereocenters.